The highest BCUT2D eigenvalue weighted by atomic mass is 16.5. The van der Waals surface area contributed by atoms with E-state index in [0.29, 0.717) is 46.3 Å². The maximum absolute atomic E-state index is 14.0. The summed E-state index contributed by atoms with van der Waals surface area (Å²) in [5, 5.41) is 6.33. The zero-order valence-electron chi connectivity index (χ0n) is 23.3. The minimum absolute atomic E-state index is 0.0342. The van der Waals surface area contributed by atoms with E-state index in [2.05, 4.69) is 21.7 Å². The molecule has 0 saturated carbocycles. The molecule has 0 saturated heterocycles. The van der Waals surface area contributed by atoms with Crippen LogP contribution in [0, 0.1) is 12.8 Å². The number of Topliss-reactive ketones (excluding diaryl/α,β-unsaturated/α-hetero) is 1. The number of fused-ring (bicyclic) bond motifs is 1. The van der Waals surface area contributed by atoms with Crippen LogP contribution in [0.1, 0.15) is 41.9 Å². The highest BCUT2D eigenvalue weighted by Crippen LogP contribution is 2.51. The Bertz CT molecular complexity index is 1490. The van der Waals surface area contributed by atoms with Crippen molar-refractivity contribution >= 4 is 17.5 Å². The normalized spacial score (nSPS) is 20.2. The Labute approximate surface area is 234 Å². The molecule has 0 fully saturated rings. The first-order chi connectivity index (χ1) is 19.4. The maximum Gasteiger partial charge on any atom is 0.255 e. The molecule has 1 aromatic heterocycles. The first-order valence-electron chi connectivity index (χ1n) is 13.2. The first kappa shape index (κ1) is 27.0. The van der Waals surface area contributed by atoms with Crippen LogP contribution in [0.25, 0.3) is 0 Å². The van der Waals surface area contributed by atoms with Gasteiger partial charge in [-0.1, -0.05) is 48.5 Å². The number of aryl methyl sites for hydroxylation is 1. The van der Waals surface area contributed by atoms with E-state index in [1.54, 1.807) is 32.5 Å². The maximum atomic E-state index is 14.0. The number of aromatic nitrogens is 1. The van der Waals surface area contributed by atoms with Gasteiger partial charge in [-0.3, -0.25) is 9.59 Å². The van der Waals surface area contributed by atoms with Gasteiger partial charge in [-0.2, -0.15) is 0 Å². The molecular weight excluding hydrogens is 506 g/mol. The Morgan fingerprint density at radius 1 is 0.925 bits per heavy atom. The number of methoxy groups -OCH3 is 3. The molecule has 5 rings (SSSR count). The van der Waals surface area contributed by atoms with Crippen LogP contribution in [-0.2, 0) is 9.59 Å². The predicted octanol–water partition coefficient (Wildman–Crippen LogP) is 5.27. The molecule has 1 aliphatic carbocycles. The van der Waals surface area contributed by atoms with Crippen molar-refractivity contribution < 1.29 is 23.8 Å². The van der Waals surface area contributed by atoms with E-state index < -0.39 is 11.8 Å². The molecule has 2 aliphatic rings. The van der Waals surface area contributed by atoms with Crippen molar-refractivity contribution in [3.8, 4) is 17.2 Å². The third-order valence-corrected chi connectivity index (χ3v) is 7.56. The van der Waals surface area contributed by atoms with E-state index in [4.69, 9.17) is 14.2 Å². The lowest BCUT2D eigenvalue weighted by Gasteiger charge is -2.40. The van der Waals surface area contributed by atoms with Crippen LogP contribution in [0.3, 0.4) is 0 Å². The van der Waals surface area contributed by atoms with E-state index in [-0.39, 0.29) is 17.6 Å². The number of rotatable bonds is 7. The largest absolute Gasteiger partial charge is 0.493 e. The molecule has 3 atom stereocenters. The molecule has 40 heavy (non-hydrogen) atoms. The molecule has 8 heteroatoms. The van der Waals surface area contributed by atoms with Crippen molar-refractivity contribution in [3.63, 3.8) is 0 Å². The van der Waals surface area contributed by atoms with Crippen LogP contribution in [0.15, 0.2) is 83.8 Å². The second-order valence-electron chi connectivity index (χ2n) is 10.0. The molecule has 2 aromatic carbocycles. The number of ketones is 1. The molecule has 1 amide bonds. The van der Waals surface area contributed by atoms with Gasteiger partial charge in [0.2, 0.25) is 5.75 Å². The van der Waals surface area contributed by atoms with Crippen molar-refractivity contribution in [2.75, 3.05) is 26.6 Å². The number of hydrogen-bond donors (Lipinski definition) is 2. The fourth-order valence-electron chi connectivity index (χ4n) is 5.72. The Hall–Kier alpha value is -4.59. The summed E-state index contributed by atoms with van der Waals surface area (Å²) < 4.78 is 17.0. The highest BCUT2D eigenvalue weighted by Gasteiger charge is 2.46. The molecule has 3 aromatic rings. The van der Waals surface area contributed by atoms with Gasteiger partial charge in [0, 0.05) is 47.0 Å². The summed E-state index contributed by atoms with van der Waals surface area (Å²) in [6, 6.07) is 17.2. The lowest BCUT2D eigenvalue weighted by atomic mass is 9.68. The van der Waals surface area contributed by atoms with Crippen molar-refractivity contribution in [1.82, 2.24) is 10.3 Å². The van der Waals surface area contributed by atoms with Crippen LogP contribution in [-0.4, -0.2) is 38.0 Å². The van der Waals surface area contributed by atoms with Gasteiger partial charge in [0.05, 0.1) is 27.2 Å². The van der Waals surface area contributed by atoms with Crippen molar-refractivity contribution in [2.24, 2.45) is 5.92 Å². The van der Waals surface area contributed by atoms with Gasteiger partial charge in [0.1, 0.15) is 11.6 Å². The van der Waals surface area contributed by atoms with Gasteiger partial charge < -0.3 is 24.8 Å². The van der Waals surface area contributed by atoms with Crippen molar-refractivity contribution in [3.05, 3.63) is 101 Å². The van der Waals surface area contributed by atoms with Gasteiger partial charge in [-0.25, -0.2) is 4.98 Å². The molecule has 0 radical (unpaired) electrons. The summed E-state index contributed by atoms with van der Waals surface area (Å²) in [6.45, 7) is 3.78. The summed E-state index contributed by atoms with van der Waals surface area (Å²) >= 11 is 0. The number of amides is 1. The molecule has 8 nitrogen and oxygen atoms in total. The van der Waals surface area contributed by atoms with Crippen LogP contribution >= 0.6 is 0 Å². The molecule has 206 valence electrons. The number of carbonyl (C=O) groups is 2. The van der Waals surface area contributed by atoms with E-state index in [9.17, 15) is 9.59 Å². The Balaban J connectivity index is 1.67. The van der Waals surface area contributed by atoms with Crippen LogP contribution < -0.4 is 24.8 Å². The average molecular weight is 540 g/mol. The second-order valence-corrected chi connectivity index (χ2v) is 10.0. The summed E-state index contributed by atoms with van der Waals surface area (Å²) in [7, 11) is 4.62. The lowest BCUT2D eigenvalue weighted by molar-refractivity contribution is -0.123. The number of nitrogens with one attached hydrogen (secondary N) is 2. The Morgan fingerprint density at radius 3 is 2.33 bits per heavy atom. The molecule has 2 heterocycles. The quantitative estimate of drug-likeness (QED) is 0.422. The number of anilines is 1. The SMILES string of the molecule is COc1ccc(C2C(C(=O)Nc3ccc(C)cn3)=C(C)NC3=CC(c4ccccc4)CC(=O)C32)c(OC)c1OC. The zero-order valence-corrected chi connectivity index (χ0v) is 23.3. The lowest BCUT2D eigenvalue weighted by Crippen LogP contribution is -2.42. The molecule has 0 bridgehead atoms. The number of nitrogens with zero attached hydrogens (tertiary/aromatic N) is 1. The topological polar surface area (TPSA) is 98.8 Å². The minimum atomic E-state index is -0.642. The minimum Gasteiger partial charge on any atom is -0.493 e. The molecular formula is C32H33N3O5. The average Bonchev–Trinajstić information content (AvgIpc) is 2.96. The Morgan fingerprint density at radius 2 is 1.68 bits per heavy atom. The number of benzene rings is 2. The van der Waals surface area contributed by atoms with E-state index in [1.807, 2.05) is 56.3 Å². The van der Waals surface area contributed by atoms with E-state index >= 15 is 0 Å². The molecule has 0 spiro atoms. The van der Waals surface area contributed by atoms with Gasteiger partial charge >= 0.3 is 0 Å². The number of allylic oxidation sites excluding steroid dienone is 3. The van der Waals surface area contributed by atoms with E-state index in [1.165, 1.54) is 7.11 Å². The first-order valence-corrected chi connectivity index (χ1v) is 13.2. The van der Waals surface area contributed by atoms with Gasteiger partial charge in [-0.15, -0.1) is 0 Å². The van der Waals surface area contributed by atoms with Crippen LogP contribution in [0.4, 0.5) is 5.82 Å². The summed E-state index contributed by atoms with van der Waals surface area (Å²) in [5.74, 6) is 0.0796. The van der Waals surface area contributed by atoms with Gasteiger partial charge in [0.15, 0.2) is 11.5 Å². The standard InChI is InChI=1S/C32H33N3O5/c1-18-11-14-26(33-17-18)35-32(37)27-19(2)34-23-15-21(20-9-7-6-8-10-20)16-24(36)29(23)28(27)22-12-13-25(38-3)31(40-5)30(22)39-4/h6-15,17,21,28-29,34H,16H2,1-5H3,(H,33,35,37). The third-order valence-electron chi connectivity index (χ3n) is 7.56. The summed E-state index contributed by atoms with van der Waals surface area (Å²) in [6.07, 6.45) is 4.13. The number of ether oxygens (including phenoxy) is 3. The number of hydrogen-bond acceptors (Lipinski definition) is 7. The van der Waals surface area contributed by atoms with Gasteiger partial charge in [0.25, 0.3) is 5.91 Å². The summed E-state index contributed by atoms with van der Waals surface area (Å²) in [4.78, 5) is 32.3. The second kappa shape index (κ2) is 11.3. The van der Waals surface area contributed by atoms with Crippen molar-refractivity contribution in [2.45, 2.75) is 32.1 Å². The monoisotopic (exact) mass is 539 g/mol. The third kappa shape index (κ3) is 4.93. The van der Waals surface area contributed by atoms with Gasteiger partial charge in [-0.05, 0) is 37.1 Å². The van der Waals surface area contributed by atoms with E-state index in [0.717, 1.165) is 16.8 Å². The number of pyridine rings is 1. The molecule has 1 aliphatic heterocycles. The van der Waals surface area contributed by atoms with Crippen LogP contribution in [0.5, 0.6) is 17.2 Å². The predicted molar refractivity (Wildman–Crippen MR) is 153 cm³/mol. The Kier molecular flexibility index (Phi) is 7.60. The van der Waals surface area contributed by atoms with Crippen LogP contribution in [0.2, 0.25) is 0 Å². The van der Waals surface area contributed by atoms with Crippen molar-refractivity contribution in [1.29, 1.82) is 0 Å². The zero-order chi connectivity index (χ0) is 28.4. The fourth-order valence-corrected chi connectivity index (χ4v) is 5.72. The summed E-state index contributed by atoms with van der Waals surface area (Å²) in [5.41, 5.74) is 4.56. The highest BCUT2D eigenvalue weighted by molar-refractivity contribution is 6.06. The molecule has 2 N–H and O–H groups in total. The molecule has 3 unspecified atom stereocenters. The number of carbonyl (C=O) groups excluding carboxylic acids is 2. The fraction of sp³-hybridized carbons (Fsp3) is 0.281. The smallest absolute Gasteiger partial charge is 0.255 e.